The van der Waals surface area contributed by atoms with Crippen molar-refractivity contribution in [1.29, 1.82) is 0 Å². The van der Waals surface area contributed by atoms with E-state index in [1.165, 1.54) is 4.90 Å². The monoisotopic (exact) mass is 377 g/mol. The van der Waals surface area contributed by atoms with E-state index in [0.29, 0.717) is 35.2 Å². The van der Waals surface area contributed by atoms with Gasteiger partial charge in [-0.3, -0.25) is 9.59 Å². The summed E-state index contributed by atoms with van der Waals surface area (Å²) in [6.07, 6.45) is -0.0461. The van der Waals surface area contributed by atoms with E-state index < -0.39 is 5.97 Å². The molecule has 0 atom stereocenters. The van der Waals surface area contributed by atoms with Gasteiger partial charge in [0, 0.05) is 12.1 Å². The Balaban J connectivity index is 1.71. The zero-order chi connectivity index (χ0) is 18.9. The fourth-order valence-corrected chi connectivity index (χ4v) is 2.22. The second kappa shape index (κ2) is 9.68. The van der Waals surface area contributed by atoms with Crippen LogP contribution in [0, 0.1) is 0 Å². The van der Waals surface area contributed by atoms with Crippen LogP contribution in [0.4, 0.5) is 0 Å². The molecule has 0 unspecified atom stereocenters. The van der Waals surface area contributed by atoms with Gasteiger partial charge in [0.15, 0.2) is 6.61 Å². The zero-order valence-electron chi connectivity index (χ0n) is 14.4. The van der Waals surface area contributed by atoms with Gasteiger partial charge in [-0.1, -0.05) is 23.7 Å². The summed E-state index contributed by atoms with van der Waals surface area (Å²) in [7, 11) is 1.67. The second-order valence-corrected chi connectivity index (χ2v) is 6.06. The fraction of sp³-hybridized carbons (Fsp3) is 0.263. The first-order chi connectivity index (χ1) is 12.4. The summed E-state index contributed by atoms with van der Waals surface area (Å²) < 4.78 is 11.0. The molecule has 26 heavy (non-hydrogen) atoms. The van der Waals surface area contributed by atoms with Gasteiger partial charge in [-0.25, -0.2) is 0 Å². The summed E-state index contributed by atoms with van der Waals surface area (Å²) in [5.74, 6) is 0.127. The van der Waals surface area contributed by atoms with Gasteiger partial charge in [0.25, 0.3) is 5.91 Å². The summed E-state index contributed by atoms with van der Waals surface area (Å²) >= 11 is 5.81. The van der Waals surface area contributed by atoms with E-state index in [1.807, 2.05) is 0 Å². The Hall–Kier alpha value is -2.73. The third-order valence-electron chi connectivity index (χ3n) is 3.58. The van der Waals surface area contributed by atoms with Crippen molar-refractivity contribution in [1.82, 2.24) is 4.90 Å². The van der Waals surface area contributed by atoms with Crippen molar-refractivity contribution in [3.63, 3.8) is 0 Å². The van der Waals surface area contributed by atoms with Gasteiger partial charge in [0.1, 0.15) is 18.1 Å². The van der Waals surface area contributed by atoms with Crippen LogP contribution >= 0.6 is 11.6 Å². The molecule has 0 heterocycles. The molecular formula is C19H20ClNO5. The molecule has 0 spiro atoms. The van der Waals surface area contributed by atoms with E-state index in [1.54, 1.807) is 55.6 Å². The number of hydrogen-bond donors (Lipinski definition) is 1. The highest BCUT2D eigenvalue weighted by Gasteiger charge is 2.10. The number of carboxylic acids is 1. The fourth-order valence-electron chi connectivity index (χ4n) is 2.09. The molecule has 1 N–H and O–H groups in total. The first-order valence-electron chi connectivity index (χ1n) is 8.00. The SMILES string of the molecule is CN(CCOc1ccc(Cl)cc1)C(=O)COc1ccc(CC(=O)O)cc1. The van der Waals surface area contributed by atoms with E-state index >= 15 is 0 Å². The lowest BCUT2D eigenvalue weighted by molar-refractivity contribution is -0.136. The normalized spacial score (nSPS) is 10.2. The minimum absolute atomic E-state index is 0.0461. The number of carbonyl (C=O) groups excluding carboxylic acids is 1. The molecule has 2 rings (SSSR count). The van der Waals surface area contributed by atoms with E-state index in [-0.39, 0.29) is 18.9 Å². The quantitative estimate of drug-likeness (QED) is 0.727. The van der Waals surface area contributed by atoms with Gasteiger partial charge in [0.2, 0.25) is 0 Å². The molecule has 0 saturated carbocycles. The number of aliphatic carboxylic acids is 1. The Labute approximate surface area is 156 Å². The standard InChI is InChI=1S/C19H20ClNO5/c1-21(10-11-25-16-8-4-15(20)5-9-16)18(22)13-26-17-6-2-14(3-7-17)12-19(23)24/h2-9H,10-13H2,1H3,(H,23,24). The largest absolute Gasteiger partial charge is 0.492 e. The highest BCUT2D eigenvalue weighted by Crippen LogP contribution is 2.15. The smallest absolute Gasteiger partial charge is 0.307 e. The average Bonchev–Trinajstić information content (AvgIpc) is 2.62. The number of benzene rings is 2. The van der Waals surface area contributed by atoms with Crippen molar-refractivity contribution in [3.05, 3.63) is 59.1 Å². The van der Waals surface area contributed by atoms with E-state index in [9.17, 15) is 9.59 Å². The molecule has 0 radical (unpaired) electrons. The van der Waals surface area contributed by atoms with Crippen LogP contribution in [0.5, 0.6) is 11.5 Å². The van der Waals surface area contributed by atoms with Gasteiger partial charge >= 0.3 is 5.97 Å². The van der Waals surface area contributed by atoms with Crippen LogP contribution < -0.4 is 9.47 Å². The number of likely N-dealkylation sites (N-methyl/N-ethyl adjacent to an activating group) is 1. The van der Waals surface area contributed by atoms with E-state index in [4.69, 9.17) is 26.2 Å². The number of hydrogen-bond acceptors (Lipinski definition) is 4. The van der Waals surface area contributed by atoms with Crippen LogP contribution in [0.1, 0.15) is 5.56 Å². The van der Waals surface area contributed by atoms with Gasteiger partial charge in [-0.05, 0) is 42.0 Å². The topological polar surface area (TPSA) is 76.1 Å². The van der Waals surface area contributed by atoms with Crippen molar-refractivity contribution in [2.24, 2.45) is 0 Å². The van der Waals surface area contributed by atoms with Crippen molar-refractivity contribution >= 4 is 23.5 Å². The number of ether oxygens (including phenoxy) is 2. The first-order valence-corrected chi connectivity index (χ1v) is 8.37. The molecule has 0 saturated heterocycles. The maximum Gasteiger partial charge on any atom is 0.307 e. The highest BCUT2D eigenvalue weighted by atomic mass is 35.5. The summed E-state index contributed by atoms with van der Waals surface area (Å²) in [6.45, 7) is 0.672. The van der Waals surface area contributed by atoms with Crippen molar-refractivity contribution in [2.75, 3.05) is 26.8 Å². The van der Waals surface area contributed by atoms with Crippen molar-refractivity contribution in [3.8, 4) is 11.5 Å². The highest BCUT2D eigenvalue weighted by molar-refractivity contribution is 6.30. The molecule has 0 aromatic heterocycles. The number of rotatable bonds is 9. The van der Waals surface area contributed by atoms with Crippen LogP contribution in [0.2, 0.25) is 5.02 Å². The molecule has 0 aliphatic rings. The van der Waals surface area contributed by atoms with Crippen LogP contribution in [0.3, 0.4) is 0 Å². The molecule has 7 heteroatoms. The summed E-state index contributed by atoms with van der Waals surface area (Å²) in [5, 5.41) is 9.37. The second-order valence-electron chi connectivity index (χ2n) is 5.62. The predicted molar refractivity (Wildman–Crippen MR) is 97.9 cm³/mol. The molecule has 0 aliphatic carbocycles. The Morgan fingerprint density at radius 2 is 1.58 bits per heavy atom. The molecule has 0 bridgehead atoms. The maximum atomic E-state index is 12.1. The lowest BCUT2D eigenvalue weighted by Gasteiger charge is -2.18. The first kappa shape index (κ1) is 19.6. The summed E-state index contributed by atoms with van der Waals surface area (Å²) in [6, 6.07) is 13.6. The minimum Gasteiger partial charge on any atom is -0.492 e. The van der Waals surface area contributed by atoms with Crippen LogP contribution in [0.15, 0.2) is 48.5 Å². The third kappa shape index (κ3) is 6.64. The lowest BCUT2D eigenvalue weighted by Crippen LogP contribution is -2.34. The number of halogens is 1. The van der Waals surface area contributed by atoms with Crippen molar-refractivity contribution in [2.45, 2.75) is 6.42 Å². The zero-order valence-corrected chi connectivity index (χ0v) is 15.1. The lowest BCUT2D eigenvalue weighted by atomic mass is 10.1. The molecule has 1 amide bonds. The van der Waals surface area contributed by atoms with Crippen molar-refractivity contribution < 1.29 is 24.2 Å². The summed E-state index contributed by atoms with van der Waals surface area (Å²) in [5.41, 5.74) is 0.674. The van der Waals surface area contributed by atoms with E-state index in [0.717, 1.165) is 0 Å². The van der Waals surface area contributed by atoms with Gasteiger partial charge in [-0.2, -0.15) is 0 Å². The Morgan fingerprint density at radius 1 is 1.00 bits per heavy atom. The Kier molecular flexibility index (Phi) is 7.29. The number of amides is 1. The minimum atomic E-state index is -0.892. The summed E-state index contributed by atoms with van der Waals surface area (Å²) in [4.78, 5) is 24.2. The van der Waals surface area contributed by atoms with Gasteiger partial charge in [-0.15, -0.1) is 0 Å². The van der Waals surface area contributed by atoms with E-state index in [2.05, 4.69) is 0 Å². The molecule has 2 aromatic rings. The van der Waals surface area contributed by atoms with Gasteiger partial charge < -0.3 is 19.5 Å². The molecule has 0 aliphatic heterocycles. The van der Waals surface area contributed by atoms with Gasteiger partial charge in [0.05, 0.1) is 13.0 Å². The maximum absolute atomic E-state index is 12.1. The molecular weight excluding hydrogens is 358 g/mol. The molecule has 6 nitrogen and oxygen atoms in total. The number of carboxylic acid groups (broad SMARTS) is 1. The van der Waals surface area contributed by atoms with Crippen LogP contribution in [-0.4, -0.2) is 48.7 Å². The third-order valence-corrected chi connectivity index (χ3v) is 3.83. The Morgan fingerprint density at radius 3 is 2.19 bits per heavy atom. The molecule has 2 aromatic carbocycles. The average molecular weight is 378 g/mol. The Bertz CT molecular complexity index is 731. The molecule has 0 fully saturated rings. The predicted octanol–water partition coefficient (Wildman–Crippen LogP) is 2.88. The number of nitrogens with zero attached hydrogens (tertiary/aromatic N) is 1. The van der Waals surface area contributed by atoms with Crippen LogP contribution in [0.25, 0.3) is 0 Å². The van der Waals surface area contributed by atoms with Crippen LogP contribution in [-0.2, 0) is 16.0 Å². The number of carbonyl (C=O) groups is 2. The molecule has 138 valence electrons.